The summed E-state index contributed by atoms with van der Waals surface area (Å²) in [7, 11) is 0. The summed E-state index contributed by atoms with van der Waals surface area (Å²) in [6, 6.07) is 4.64. The van der Waals surface area contributed by atoms with Gasteiger partial charge < -0.3 is 9.30 Å². The molecular weight excluding hydrogens is 267 g/mol. The molecule has 0 amide bonds. The summed E-state index contributed by atoms with van der Waals surface area (Å²) in [4.78, 5) is 4.42. The number of fused-ring (bicyclic) bond motifs is 1. The van der Waals surface area contributed by atoms with Crippen molar-refractivity contribution >= 4 is 22.6 Å². The maximum absolute atomic E-state index is 13.2. The second-order valence-electron chi connectivity index (χ2n) is 4.42. The van der Waals surface area contributed by atoms with Crippen molar-refractivity contribution in [1.82, 2.24) is 9.55 Å². The molecular formula is C14H18ClFN2O. The highest BCUT2D eigenvalue weighted by atomic mass is 35.5. The van der Waals surface area contributed by atoms with Gasteiger partial charge >= 0.3 is 0 Å². The Morgan fingerprint density at radius 2 is 2.26 bits per heavy atom. The molecule has 1 unspecified atom stereocenters. The summed E-state index contributed by atoms with van der Waals surface area (Å²) in [5.41, 5.74) is 1.57. The first-order chi connectivity index (χ1) is 9.13. The Balaban J connectivity index is 2.30. The average Bonchev–Trinajstić information content (AvgIpc) is 2.72. The van der Waals surface area contributed by atoms with E-state index >= 15 is 0 Å². The second kappa shape index (κ2) is 6.35. The van der Waals surface area contributed by atoms with Crippen LogP contribution in [0, 0.1) is 5.82 Å². The summed E-state index contributed by atoms with van der Waals surface area (Å²) < 4.78 is 20.6. The fourth-order valence-electron chi connectivity index (χ4n) is 2.13. The largest absolute Gasteiger partial charge is 0.382 e. The molecule has 0 aliphatic rings. The van der Waals surface area contributed by atoms with Crippen LogP contribution in [0.15, 0.2) is 18.2 Å². The Morgan fingerprint density at radius 3 is 2.95 bits per heavy atom. The van der Waals surface area contributed by atoms with Crippen molar-refractivity contribution in [1.29, 1.82) is 0 Å². The Kier molecular flexibility index (Phi) is 4.77. The van der Waals surface area contributed by atoms with Gasteiger partial charge in [0.05, 0.1) is 16.4 Å². The number of hydrogen-bond donors (Lipinski definition) is 0. The van der Waals surface area contributed by atoms with Crippen molar-refractivity contribution in [2.45, 2.75) is 32.2 Å². The molecule has 0 radical (unpaired) electrons. The van der Waals surface area contributed by atoms with Crippen molar-refractivity contribution in [3.63, 3.8) is 0 Å². The van der Waals surface area contributed by atoms with Gasteiger partial charge in [0.25, 0.3) is 0 Å². The van der Waals surface area contributed by atoms with Gasteiger partial charge in [0.2, 0.25) is 0 Å². The van der Waals surface area contributed by atoms with E-state index in [1.807, 2.05) is 18.4 Å². The van der Waals surface area contributed by atoms with Crippen molar-refractivity contribution in [2.24, 2.45) is 0 Å². The Morgan fingerprint density at radius 1 is 1.47 bits per heavy atom. The molecule has 19 heavy (non-hydrogen) atoms. The van der Waals surface area contributed by atoms with Gasteiger partial charge in [0.1, 0.15) is 11.6 Å². The van der Waals surface area contributed by atoms with Crippen LogP contribution in [-0.4, -0.2) is 22.8 Å². The summed E-state index contributed by atoms with van der Waals surface area (Å²) in [6.07, 6.45) is 0.882. The Labute approximate surface area is 117 Å². The van der Waals surface area contributed by atoms with E-state index in [-0.39, 0.29) is 11.2 Å². The van der Waals surface area contributed by atoms with Gasteiger partial charge in [-0.05, 0) is 32.4 Å². The smallest absolute Gasteiger partial charge is 0.127 e. The van der Waals surface area contributed by atoms with Crippen LogP contribution in [0.25, 0.3) is 11.0 Å². The van der Waals surface area contributed by atoms with Crippen molar-refractivity contribution in [3.8, 4) is 0 Å². The van der Waals surface area contributed by atoms with Gasteiger partial charge in [-0.3, -0.25) is 0 Å². The van der Waals surface area contributed by atoms with Gasteiger partial charge in [-0.2, -0.15) is 0 Å². The Bertz CT molecular complexity index is 554. The maximum atomic E-state index is 13.2. The third-order valence-corrected chi connectivity index (χ3v) is 3.17. The van der Waals surface area contributed by atoms with E-state index in [0.717, 1.165) is 24.3 Å². The summed E-state index contributed by atoms with van der Waals surface area (Å²) >= 11 is 6.15. The molecule has 0 fully saturated rings. The van der Waals surface area contributed by atoms with Crippen LogP contribution in [0.2, 0.25) is 0 Å². The van der Waals surface area contributed by atoms with Gasteiger partial charge in [0.15, 0.2) is 0 Å². The molecule has 0 N–H and O–H groups in total. The van der Waals surface area contributed by atoms with Gasteiger partial charge in [-0.25, -0.2) is 9.37 Å². The molecule has 0 spiro atoms. The zero-order valence-electron chi connectivity index (χ0n) is 11.2. The van der Waals surface area contributed by atoms with E-state index in [1.165, 1.54) is 12.1 Å². The maximum Gasteiger partial charge on any atom is 0.127 e. The normalized spacial score (nSPS) is 13.1. The lowest BCUT2D eigenvalue weighted by Crippen LogP contribution is -2.07. The quantitative estimate of drug-likeness (QED) is 0.594. The molecule has 1 aromatic heterocycles. The molecule has 0 saturated heterocycles. The molecule has 1 atom stereocenters. The molecule has 104 valence electrons. The first-order valence-corrected chi connectivity index (χ1v) is 6.94. The number of rotatable bonds is 6. The molecule has 0 aliphatic carbocycles. The third kappa shape index (κ3) is 3.25. The van der Waals surface area contributed by atoms with E-state index in [4.69, 9.17) is 16.3 Å². The Hall–Kier alpha value is -1.13. The highest BCUT2D eigenvalue weighted by Gasteiger charge is 2.15. The standard InChI is InChI=1S/C14H18ClFN2O/c1-3-19-8-4-7-18-13-6-5-11(16)9-12(13)17-14(18)10(2)15/h5-6,9-10H,3-4,7-8H2,1-2H3. The number of nitrogens with zero attached hydrogens (tertiary/aromatic N) is 2. The lowest BCUT2D eigenvalue weighted by molar-refractivity contribution is 0.141. The highest BCUT2D eigenvalue weighted by molar-refractivity contribution is 6.20. The molecule has 0 aliphatic heterocycles. The number of aromatic nitrogens is 2. The highest BCUT2D eigenvalue weighted by Crippen LogP contribution is 2.25. The monoisotopic (exact) mass is 284 g/mol. The van der Waals surface area contributed by atoms with Crippen LogP contribution < -0.4 is 0 Å². The van der Waals surface area contributed by atoms with Crippen LogP contribution >= 0.6 is 11.6 Å². The van der Waals surface area contributed by atoms with Crippen molar-refractivity contribution < 1.29 is 9.13 Å². The van der Waals surface area contributed by atoms with E-state index < -0.39 is 0 Å². The van der Waals surface area contributed by atoms with E-state index in [9.17, 15) is 4.39 Å². The van der Waals surface area contributed by atoms with Crippen LogP contribution in [0.3, 0.4) is 0 Å². The lowest BCUT2D eigenvalue weighted by atomic mass is 10.3. The molecule has 0 bridgehead atoms. The molecule has 0 saturated carbocycles. The number of imidazole rings is 1. The molecule has 5 heteroatoms. The summed E-state index contributed by atoms with van der Waals surface area (Å²) in [5, 5.41) is -0.206. The first-order valence-electron chi connectivity index (χ1n) is 6.51. The average molecular weight is 285 g/mol. The number of aryl methyl sites for hydroxylation is 1. The zero-order valence-corrected chi connectivity index (χ0v) is 12.0. The molecule has 1 heterocycles. The fraction of sp³-hybridized carbons (Fsp3) is 0.500. The number of alkyl halides is 1. The van der Waals surface area contributed by atoms with E-state index in [1.54, 1.807) is 6.07 Å². The fourth-order valence-corrected chi connectivity index (χ4v) is 2.30. The molecule has 1 aromatic carbocycles. The number of ether oxygens (including phenoxy) is 1. The predicted molar refractivity (Wildman–Crippen MR) is 75.1 cm³/mol. The zero-order chi connectivity index (χ0) is 13.8. The van der Waals surface area contributed by atoms with Crippen molar-refractivity contribution in [3.05, 3.63) is 29.8 Å². The number of hydrogen-bond acceptors (Lipinski definition) is 2. The van der Waals surface area contributed by atoms with Crippen molar-refractivity contribution in [2.75, 3.05) is 13.2 Å². The minimum atomic E-state index is -0.278. The van der Waals surface area contributed by atoms with E-state index in [2.05, 4.69) is 4.98 Å². The minimum absolute atomic E-state index is 0.206. The minimum Gasteiger partial charge on any atom is -0.382 e. The van der Waals surface area contributed by atoms with Crippen LogP contribution in [0.4, 0.5) is 4.39 Å². The summed E-state index contributed by atoms with van der Waals surface area (Å²) in [5.74, 6) is 0.499. The third-order valence-electron chi connectivity index (χ3n) is 2.97. The van der Waals surface area contributed by atoms with Gasteiger partial charge in [-0.15, -0.1) is 11.6 Å². The molecule has 2 aromatic rings. The second-order valence-corrected chi connectivity index (χ2v) is 5.08. The molecule has 3 nitrogen and oxygen atoms in total. The van der Waals surface area contributed by atoms with Crippen LogP contribution in [0.5, 0.6) is 0 Å². The first kappa shape index (κ1) is 14.3. The molecule has 2 rings (SSSR count). The SMILES string of the molecule is CCOCCCn1c(C(C)Cl)nc2cc(F)ccc21. The van der Waals surface area contributed by atoms with E-state index in [0.29, 0.717) is 18.7 Å². The number of benzene rings is 1. The lowest BCUT2D eigenvalue weighted by Gasteiger charge is -2.10. The predicted octanol–water partition coefficient (Wildman–Crippen LogP) is 3.90. The van der Waals surface area contributed by atoms with Gasteiger partial charge in [-0.1, -0.05) is 0 Å². The summed E-state index contributed by atoms with van der Waals surface area (Å²) in [6.45, 7) is 6.04. The van der Waals surface area contributed by atoms with Gasteiger partial charge in [0, 0.05) is 25.8 Å². The van der Waals surface area contributed by atoms with Crippen LogP contribution in [-0.2, 0) is 11.3 Å². The topological polar surface area (TPSA) is 27.1 Å². The number of halogens is 2. The van der Waals surface area contributed by atoms with Crippen LogP contribution in [0.1, 0.15) is 31.5 Å².